The van der Waals surface area contributed by atoms with Gasteiger partial charge < -0.3 is 10.6 Å². The molecule has 1 aromatic rings. The van der Waals surface area contributed by atoms with Crippen molar-refractivity contribution in [3.8, 4) is 0 Å². The molecule has 4 heteroatoms. The first kappa shape index (κ1) is 13.7. The summed E-state index contributed by atoms with van der Waals surface area (Å²) in [5.74, 6) is 2.03. The number of aromatic nitrogens is 2. The molecule has 0 bridgehead atoms. The third-order valence-electron chi connectivity index (χ3n) is 3.20. The van der Waals surface area contributed by atoms with Crippen LogP contribution in [0.3, 0.4) is 0 Å². The summed E-state index contributed by atoms with van der Waals surface area (Å²) in [5, 5.41) is 0. The van der Waals surface area contributed by atoms with Crippen LogP contribution < -0.4 is 10.6 Å². The lowest BCUT2D eigenvalue weighted by Crippen LogP contribution is -2.30. The normalized spacial score (nSPS) is 10.9. The highest BCUT2D eigenvalue weighted by molar-refractivity contribution is 5.43. The van der Waals surface area contributed by atoms with Crippen molar-refractivity contribution in [1.29, 1.82) is 0 Å². The van der Waals surface area contributed by atoms with E-state index in [1.54, 1.807) is 0 Å². The van der Waals surface area contributed by atoms with Gasteiger partial charge in [0.2, 0.25) is 5.95 Å². The minimum atomic E-state index is 0.364. The lowest BCUT2D eigenvalue weighted by atomic mass is 10.0. The van der Waals surface area contributed by atoms with Gasteiger partial charge in [-0.3, -0.25) is 0 Å². The zero-order chi connectivity index (χ0) is 12.8. The number of rotatable bonds is 6. The van der Waals surface area contributed by atoms with Crippen LogP contribution in [0.5, 0.6) is 0 Å². The van der Waals surface area contributed by atoms with Crippen LogP contribution in [0, 0.1) is 12.8 Å². The summed E-state index contributed by atoms with van der Waals surface area (Å²) >= 11 is 0. The molecule has 0 unspecified atom stereocenters. The molecule has 4 nitrogen and oxygen atoms in total. The Bertz CT molecular complexity index is 327. The largest absolute Gasteiger partial charge is 0.368 e. The number of nitrogens with zero attached hydrogens (tertiary/aromatic N) is 3. The second-order valence-corrected chi connectivity index (χ2v) is 4.45. The molecule has 2 N–H and O–H groups in total. The van der Waals surface area contributed by atoms with Crippen LogP contribution in [0.4, 0.5) is 11.8 Å². The fourth-order valence-corrected chi connectivity index (χ4v) is 1.98. The van der Waals surface area contributed by atoms with Gasteiger partial charge in [0.15, 0.2) is 0 Å². The maximum Gasteiger partial charge on any atom is 0.222 e. The second-order valence-electron chi connectivity index (χ2n) is 4.45. The highest BCUT2D eigenvalue weighted by Gasteiger charge is 2.12. The second kappa shape index (κ2) is 6.42. The van der Waals surface area contributed by atoms with Crippen LogP contribution in [0.15, 0.2) is 6.07 Å². The quantitative estimate of drug-likeness (QED) is 0.825. The maximum absolute atomic E-state index is 5.70. The van der Waals surface area contributed by atoms with E-state index in [-0.39, 0.29) is 0 Å². The molecule has 0 aliphatic heterocycles. The fourth-order valence-electron chi connectivity index (χ4n) is 1.98. The minimum absolute atomic E-state index is 0.364. The predicted octanol–water partition coefficient (Wildman–Crippen LogP) is 2.63. The molecule has 0 saturated carbocycles. The number of hydrogen-bond acceptors (Lipinski definition) is 4. The van der Waals surface area contributed by atoms with E-state index in [2.05, 4.69) is 35.6 Å². The number of aryl methyl sites for hydroxylation is 1. The Morgan fingerprint density at radius 1 is 1.24 bits per heavy atom. The van der Waals surface area contributed by atoms with Crippen molar-refractivity contribution in [2.24, 2.45) is 5.92 Å². The van der Waals surface area contributed by atoms with Crippen molar-refractivity contribution in [1.82, 2.24) is 9.97 Å². The summed E-state index contributed by atoms with van der Waals surface area (Å²) in [7, 11) is 0. The van der Waals surface area contributed by atoms with Crippen LogP contribution in [0.1, 0.15) is 39.3 Å². The van der Waals surface area contributed by atoms with Crippen LogP contribution in [0.2, 0.25) is 0 Å². The summed E-state index contributed by atoms with van der Waals surface area (Å²) in [5.41, 5.74) is 6.63. The van der Waals surface area contributed by atoms with Crippen LogP contribution in [-0.2, 0) is 0 Å². The van der Waals surface area contributed by atoms with Gasteiger partial charge in [0, 0.05) is 24.8 Å². The molecule has 0 spiro atoms. The molecule has 0 radical (unpaired) electrons. The van der Waals surface area contributed by atoms with Gasteiger partial charge in [0.05, 0.1) is 0 Å². The van der Waals surface area contributed by atoms with Crippen LogP contribution >= 0.6 is 0 Å². The van der Waals surface area contributed by atoms with Crippen molar-refractivity contribution in [3.05, 3.63) is 11.8 Å². The third-order valence-corrected chi connectivity index (χ3v) is 3.20. The average molecular weight is 236 g/mol. The van der Waals surface area contributed by atoms with Crippen molar-refractivity contribution < 1.29 is 0 Å². The highest BCUT2D eigenvalue weighted by Crippen LogP contribution is 2.17. The summed E-state index contributed by atoms with van der Waals surface area (Å²) < 4.78 is 0. The van der Waals surface area contributed by atoms with Crippen molar-refractivity contribution in [2.75, 3.05) is 23.7 Å². The molecule has 0 fully saturated rings. The number of anilines is 2. The minimum Gasteiger partial charge on any atom is -0.368 e. The van der Waals surface area contributed by atoms with E-state index >= 15 is 0 Å². The van der Waals surface area contributed by atoms with Gasteiger partial charge in [-0.15, -0.1) is 0 Å². The van der Waals surface area contributed by atoms with Crippen LogP contribution in [-0.4, -0.2) is 23.1 Å². The first-order valence-corrected chi connectivity index (χ1v) is 6.46. The molecular formula is C13H24N4. The Balaban J connectivity index is 2.85. The average Bonchev–Trinajstić information content (AvgIpc) is 2.29. The summed E-state index contributed by atoms with van der Waals surface area (Å²) in [6.07, 6.45) is 2.40. The van der Waals surface area contributed by atoms with Crippen molar-refractivity contribution >= 4 is 11.8 Å². The van der Waals surface area contributed by atoms with E-state index in [1.807, 2.05) is 13.0 Å². The molecular weight excluding hydrogens is 212 g/mol. The van der Waals surface area contributed by atoms with Crippen molar-refractivity contribution in [3.63, 3.8) is 0 Å². The fraction of sp³-hybridized carbons (Fsp3) is 0.692. The van der Waals surface area contributed by atoms with Crippen molar-refractivity contribution in [2.45, 2.75) is 40.5 Å². The third kappa shape index (κ3) is 3.88. The molecule has 1 heterocycles. The van der Waals surface area contributed by atoms with E-state index < -0.39 is 0 Å². The molecule has 0 amide bonds. The molecule has 0 aliphatic carbocycles. The highest BCUT2D eigenvalue weighted by atomic mass is 15.2. The molecule has 0 aliphatic rings. The summed E-state index contributed by atoms with van der Waals surface area (Å²) in [6, 6.07) is 2.00. The van der Waals surface area contributed by atoms with Gasteiger partial charge in [-0.25, -0.2) is 4.98 Å². The van der Waals surface area contributed by atoms with E-state index in [0.717, 1.165) is 24.6 Å². The predicted molar refractivity (Wildman–Crippen MR) is 73.1 cm³/mol. The standard InChI is InChI=1S/C13H24N4/c1-5-11(6-2)9-17(7-3)12-8-10(4)15-13(14)16-12/h8,11H,5-7,9H2,1-4H3,(H2,14,15,16). The summed E-state index contributed by atoms with van der Waals surface area (Å²) in [4.78, 5) is 10.7. The number of nitrogen functional groups attached to an aromatic ring is 1. The Labute approximate surface area is 104 Å². The molecule has 0 saturated heterocycles. The zero-order valence-corrected chi connectivity index (χ0v) is 11.4. The Kier molecular flexibility index (Phi) is 5.19. The van der Waals surface area contributed by atoms with Crippen LogP contribution in [0.25, 0.3) is 0 Å². The lowest BCUT2D eigenvalue weighted by molar-refractivity contribution is 0.484. The summed E-state index contributed by atoms with van der Waals surface area (Å²) in [6.45, 7) is 10.6. The molecule has 96 valence electrons. The maximum atomic E-state index is 5.70. The van der Waals surface area contributed by atoms with Gasteiger partial charge in [-0.05, 0) is 19.8 Å². The van der Waals surface area contributed by atoms with E-state index in [9.17, 15) is 0 Å². The topological polar surface area (TPSA) is 55.0 Å². The Hall–Kier alpha value is -1.32. The van der Waals surface area contributed by atoms with E-state index in [1.165, 1.54) is 12.8 Å². The first-order chi connectivity index (χ1) is 8.10. The van der Waals surface area contributed by atoms with Gasteiger partial charge >= 0.3 is 0 Å². The van der Waals surface area contributed by atoms with Gasteiger partial charge in [-0.2, -0.15) is 4.98 Å². The monoisotopic (exact) mass is 236 g/mol. The van der Waals surface area contributed by atoms with Gasteiger partial charge in [0.25, 0.3) is 0 Å². The molecule has 1 rings (SSSR count). The number of nitrogens with two attached hydrogens (primary N) is 1. The van der Waals surface area contributed by atoms with E-state index in [4.69, 9.17) is 5.73 Å². The van der Waals surface area contributed by atoms with E-state index in [0.29, 0.717) is 11.9 Å². The number of hydrogen-bond donors (Lipinski definition) is 1. The molecule has 1 aromatic heterocycles. The zero-order valence-electron chi connectivity index (χ0n) is 11.4. The smallest absolute Gasteiger partial charge is 0.222 e. The SMILES string of the molecule is CCC(CC)CN(CC)c1cc(C)nc(N)n1. The Morgan fingerprint density at radius 3 is 2.35 bits per heavy atom. The Morgan fingerprint density at radius 2 is 1.88 bits per heavy atom. The van der Waals surface area contributed by atoms with Gasteiger partial charge in [-0.1, -0.05) is 26.7 Å². The lowest BCUT2D eigenvalue weighted by Gasteiger charge is -2.26. The molecule has 17 heavy (non-hydrogen) atoms. The molecule has 0 atom stereocenters. The molecule has 0 aromatic carbocycles. The van der Waals surface area contributed by atoms with Gasteiger partial charge in [0.1, 0.15) is 5.82 Å². The first-order valence-electron chi connectivity index (χ1n) is 6.46.